The van der Waals surface area contributed by atoms with Crippen molar-refractivity contribution in [2.24, 2.45) is 0 Å². The summed E-state index contributed by atoms with van der Waals surface area (Å²) in [5, 5.41) is 0. The molecule has 0 saturated carbocycles. The third-order valence-electron chi connectivity index (χ3n) is 4.51. The van der Waals surface area contributed by atoms with E-state index in [9.17, 15) is 4.79 Å². The van der Waals surface area contributed by atoms with E-state index in [0.717, 1.165) is 11.1 Å². The molecule has 1 aromatic heterocycles. The minimum Gasteiger partial charge on any atom is -0.340 e. The van der Waals surface area contributed by atoms with Crippen molar-refractivity contribution >= 4 is 5.78 Å². The third-order valence-corrected chi connectivity index (χ3v) is 4.51. The molecule has 3 aromatic carbocycles. The normalized spacial score (nSPS) is 10.6. The molecule has 0 radical (unpaired) electrons. The Labute approximate surface area is 153 Å². The van der Waals surface area contributed by atoms with E-state index in [4.69, 9.17) is 0 Å². The van der Waals surface area contributed by atoms with Gasteiger partial charge in [-0.1, -0.05) is 84.9 Å². The van der Waals surface area contributed by atoms with Gasteiger partial charge in [0.1, 0.15) is 0 Å². The number of benzene rings is 3. The fraction of sp³-hybridized carbons (Fsp3) is 0.0417. The molecule has 2 nitrogen and oxygen atoms in total. The standard InChI is InChI=1S/C24H19NO/c26-24(22-15-13-21(14-16-22)20-10-5-2-6-11-20)23-12-7-17-25(23)18-19-8-3-1-4-9-19/h1-17H,18H2. The summed E-state index contributed by atoms with van der Waals surface area (Å²) in [6.45, 7) is 0.691. The number of carbonyl (C=O) groups is 1. The predicted octanol–water partition coefficient (Wildman–Crippen LogP) is 5.43. The maximum absolute atomic E-state index is 12.9. The van der Waals surface area contributed by atoms with E-state index in [1.807, 2.05) is 83.6 Å². The summed E-state index contributed by atoms with van der Waals surface area (Å²) in [4.78, 5) is 12.9. The number of hydrogen-bond donors (Lipinski definition) is 0. The molecule has 0 spiro atoms. The Balaban J connectivity index is 1.58. The second kappa shape index (κ2) is 7.24. The van der Waals surface area contributed by atoms with Gasteiger partial charge < -0.3 is 4.57 Å². The highest BCUT2D eigenvalue weighted by molar-refractivity contribution is 6.08. The van der Waals surface area contributed by atoms with Crippen molar-refractivity contribution in [2.75, 3.05) is 0 Å². The lowest BCUT2D eigenvalue weighted by molar-refractivity contribution is 0.103. The minimum atomic E-state index is 0.0468. The van der Waals surface area contributed by atoms with Gasteiger partial charge in [-0.05, 0) is 28.8 Å². The monoisotopic (exact) mass is 337 g/mol. The van der Waals surface area contributed by atoms with Gasteiger partial charge in [0.2, 0.25) is 5.78 Å². The first-order chi connectivity index (χ1) is 12.8. The van der Waals surface area contributed by atoms with E-state index >= 15 is 0 Å². The first-order valence-electron chi connectivity index (χ1n) is 8.70. The van der Waals surface area contributed by atoms with Gasteiger partial charge in [0.05, 0.1) is 5.69 Å². The smallest absolute Gasteiger partial charge is 0.209 e. The van der Waals surface area contributed by atoms with Crippen LogP contribution in [0.2, 0.25) is 0 Å². The molecular formula is C24H19NO. The Hall–Kier alpha value is -3.39. The van der Waals surface area contributed by atoms with Crippen LogP contribution in [0.1, 0.15) is 21.6 Å². The lowest BCUT2D eigenvalue weighted by atomic mass is 10.0. The van der Waals surface area contributed by atoms with E-state index in [0.29, 0.717) is 17.8 Å². The number of carbonyl (C=O) groups excluding carboxylic acids is 1. The molecular weight excluding hydrogens is 318 g/mol. The number of nitrogens with zero attached hydrogens (tertiary/aromatic N) is 1. The van der Waals surface area contributed by atoms with E-state index in [1.54, 1.807) is 0 Å². The van der Waals surface area contributed by atoms with Crippen molar-refractivity contribution in [3.8, 4) is 11.1 Å². The summed E-state index contributed by atoms with van der Waals surface area (Å²) in [6, 6.07) is 32.0. The average molecular weight is 337 g/mol. The molecule has 0 aliphatic rings. The fourth-order valence-electron chi connectivity index (χ4n) is 3.13. The van der Waals surface area contributed by atoms with Gasteiger partial charge in [0.15, 0.2) is 0 Å². The van der Waals surface area contributed by atoms with Crippen LogP contribution in [-0.2, 0) is 6.54 Å². The molecule has 0 unspecified atom stereocenters. The van der Waals surface area contributed by atoms with Crippen LogP contribution in [0, 0.1) is 0 Å². The van der Waals surface area contributed by atoms with Crippen molar-refractivity contribution in [1.82, 2.24) is 4.57 Å². The maximum atomic E-state index is 12.9. The molecule has 0 aliphatic carbocycles. The quantitative estimate of drug-likeness (QED) is 0.445. The zero-order valence-corrected chi connectivity index (χ0v) is 14.4. The van der Waals surface area contributed by atoms with Crippen LogP contribution in [0.25, 0.3) is 11.1 Å². The van der Waals surface area contributed by atoms with Gasteiger partial charge in [-0.15, -0.1) is 0 Å². The molecule has 126 valence electrons. The summed E-state index contributed by atoms with van der Waals surface area (Å²) in [7, 11) is 0. The maximum Gasteiger partial charge on any atom is 0.209 e. The van der Waals surface area contributed by atoms with Crippen LogP contribution < -0.4 is 0 Å². The van der Waals surface area contributed by atoms with Crippen molar-refractivity contribution in [3.63, 3.8) is 0 Å². The fourth-order valence-corrected chi connectivity index (χ4v) is 3.13. The average Bonchev–Trinajstić information content (AvgIpc) is 3.17. The van der Waals surface area contributed by atoms with E-state index in [2.05, 4.69) is 24.3 Å². The molecule has 26 heavy (non-hydrogen) atoms. The third kappa shape index (κ3) is 3.35. The molecule has 1 heterocycles. The molecule has 0 amide bonds. The highest BCUT2D eigenvalue weighted by Gasteiger charge is 2.13. The molecule has 4 aromatic rings. The van der Waals surface area contributed by atoms with Crippen molar-refractivity contribution in [2.45, 2.75) is 6.54 Å². The number of hydrogen-bond acceptors (Lipinski definition) is 1. The van der Waals surface area contributed by atoms with Gasteiger partial charge in [0.25, 0.3) is 0 Å². The SMILES string of the molecule is O=C(c1ccc(-c2ccccc2)cc1)c1cccn1Cc1ccccc1. The summed E-state index contributed by atoms with van der Waals surface area (Å²) >= 11 is 0. The largest absolute Gasteiger partial charge is 0.340 e. The van der Waals surface area contributed by atoms with Gasteiger partial charge in [-0.2, -0.15) is 0 Å². The van der Waals surface area contributed by atoms with E-state index < -0.39 is 0 Å². The molecule has 0 saturated heterocycles. The van der Waals surface area contributed by atoms with Crippen molar-refractivity contribution in [1.29, 1.82) is 0 Å². The van der Waals surface area contributed by atoms with Gasteiger partial charge >= 0.3 is 0 Å². The van der Waals surface area contributed by atoms with Crippen molar-refractivity contribution in [3.05, 3.63) is 120 Å². The number of rotatable bonds is 5. The van der Waals surface area contributed by atoms with Crippen LogP contribution in [0.3, 0.4) is 0 Å². The molecule has 0 fully saturated rings. The number of ketones is 1. The highest BCUT2D eigenvalue weighted by Crippen LogP contribution is 2.21. The van der Waals surface area contributed by atoms with Gasteiger partial charge in [-0.3, -0.25) is 4.79 Å². The Morgan fingerprint density at radius 2 is 1.27 bits per heavy atom. The van der Waals surface area contributed by atoms with Crippen LogP contribution in [0.15, 0.2) is 103 Å². The Morgan fingerprint density at radius 3 is 1.96 bits per heavy atom. The lowest BCUT2D eigenvalue weighted by Gasteiger charge is -2.09. The lowest BCUT2D eigenvalue weighted by Crippen LogP contribution is -2.10. The first kappa shape index (κ1) is 16.1. The topological polar surface area (TPSA) is 22.0 Å². The Bertz CT molecular complexity index is 999. The minimum absolute atomic E-state index is 0.0468. The van der Waals surface area contributed by atoms with Crippen LogP contribution >= 0.6 is 0 Å². The predicted molar refractivity (Wildman–Crippen MR) is 105 cm³/mol. The zero-order valence-electron chi connectivity index (χ0n) is 14.4. The van der Waals surface area contributed by atoms with E-state index in [-0.39, 0.29) is 5.78 Å². The number of aromatic nitrogens is 1. The second-order valence-corrected chi connectivity index (χ2v) is 6.28. The molecule has 0 N–H and O–H groups in total. The highest BCUT2D eigenvalue weighted by atomic mass is 16.1. The van der Waals surface area contributed by atoms with Gasteiger partial charge in [0, 0.05) is 18.3 Å². The molecule has 0 atom stereocenters. The van der Waals surface area contributed by atoms with Crippen LogP contribution in [0.4, 0.5) is 0 Å². The first-order valence-corrected chi connectivity index (χ1v) is 8.70. The van der Waals surface area contributed by atoms with Crippen LogP contribution in [-0.4, -0.2) is 10.4 Å². The zero-order chi connectivity index (χ0) is 17.8. The molecule has 0 bridgehead atoms. The Kier molecular flexibility index (Phi) is 4.48. The summed E-state index contributed by atoms with van der Waals surface area (Å²) in [5.74, 6) is 0.0468. The summed E-state index contributed by atoms with van der Waals surface area (Å²) in [5.41, 5.74) is 4.86. The second-order valence-electron chi connectivity index (χ2n) is 6.28. The van der Waals surface area contributed by atoms with Crippen LogP contribution in [0.5, 0.6) is 0 Å². The van der Waals surface area contributed by atoms with E-state index in [1.165, 1.54) is 5.56 Å². The van der Waals surface area contributed by atoms with Gasteiger partial charge in [-0.25, -0.2) is 0 Å². The molecule has 4 rings (SSSR count). The summed E-state index contributed by atoms with van der Waals surface area (Å²) < 4.78 is 2.00. The molecule has 0 aliphatic heterocycles. The molecule has 2 heteroatoms. The summed E-state index contributed by atoms with van der Waals surface area (Å²) in [6.07, 6.45) is 1.96. The Morgan fingerprint density at radius 1 is 0.654 bits per heavy atom. The van der Waals surface area contributed by atoms with Crippen molar-refractivity contribution < 1.29 is 4.79 Å².